The summed E-state index contributed by atoms with van der Waals surface area (Å²) in [5.74, 6) is -1.01. The molecule has 0 aliphatic heterocycles. The largest absolute Gasteiger partial charge is 0.306 e. The molecule has 21 heavy (non-hydrogen) atoms. The highest BCUT2D eigenvalue weighted by Gasteiger charge is 2.22. The fourth-order valence-corrected chi connectivity index (χ4v) is 3.03. The second kappa shape index (κ2) is 7.18. The van der Waals surface area contributed by atoms with E-state index in [0.29, 0.717) is 21.6 Å². The molecule has 0 radical (unpaired) electrons. The zero-order chi connectivity index (χ0) is 15.6. The van der Waals surface area contributed by atoms with E-state index in [2.05, 4.69) is 37.2 Å². The fraction of sp³-hybridized carbons (Fsp3) is 0.200. The van der Waals surface area contributed by atoms with E-state index in [4.69, 9.17) is 11.6 Å². The third-order valence-electron chi connectivity index (χ3n) is 3.05. The molecule has 0 saturated heterocycles. The summed E-state index contributed by atoms with van der Waals surface area (Å²) >= 11 is 12.6. The van der Waals surface area contributed by atoms with E-state index in [1.165, 1.54) is 6.07 Å². The molecule has 0 saturated carbocycles. The molecule has 0 aromatic heterocycles. The van der Waals surface area contributed by atoms with Gasteiger partial charge in [0.05, 0.1) is 15.5 Å². The molecule has 1 nitrogen and oxygen atoms in total. The van der Waals surface area contributed by atoms with Gasteiger partial charge in [0.25, 0.3) is 0 Å². The first-order valence-corrected chi connectivity index (χ1v) is 8.23. The van der Waals surface area contributed by atoms with Crippen molar-refractivity contribution in [2.75, 3.05) is 6.54 Å². The number of benzene rings is 2. The van der Waals surface area contributed by atoms with Gasteiger partial charge in [-0.1, -0.05) is 30.7 Å². The minimum absolute atomic E-state index is 0.0966. The van der Waals surface area contributed by atoms with Crippen LogP contribution in [0.4, 0.5) is 8.78 Å². The van der Waals surface area contributed by atoms with Crippen LogP contribution in [0.1, 0.15) is 24.1 Å². The standard InChI is InChI=1S/C15H12Br2ClF2N/c1-2-21-15(8-4-3-5-10(16)14(8)18)9-6-13(20)11(17)7-12(9)19/h3-7,15,21H,2H2,1H3. The lowest BCUT2D eigenvalue weighted by atomic mass is 9.98. The van der Waals surface area contributed by atoms with Gasteiger partial charge >= 0.3 is 0 Å². The van der Waals surface area contributed by atoms with E-state index in [1.54, 1.807) is 12.1 Å². The van der Waals surface area contributed by atoms with E-state index in [0.717, 1.165) is 6.07 Å². The number of nitrogens with one attached hydrogen (secondary N) is 1. The van der Waals surface area contributed by atoms with Crippen LogP contribution in [0, 0.1) is 11.6 Å². The third kappa shape index (κ3) is 3.65. The van der Waals surface area contributed by atoms with Gasteiger partial charge in [0, 0.05) is 10.0 Å². The topological polar surface area (TPSA) is 12.0 Å². The Labute approximate surface area is 144 Å². The van der Waals surface area contributed by atoms with Crippen LogP contribution in [0.5, 0.6) is 0 Å². The molecule has 2 aromatic rings. The molecule has 0 aliphatic rings. The second-order valence-corrected chi connectivity index (χ2v) is 6.51. The number of halogens is 5. The van der Waals surface area contributed by atoms with Gasteiger partial charge in [0.15, 0.2) is 0 Å². The quantitative estimate of drug-likeness (QED) is 0.590. The van der Waals surface area contributed by atoms with Crippen LogP contribution in [0.3, 0.4) is 0 Å². The molecule has 2 aromatic carbocycles. The zero-order valence-corrected chi connectivity index (χ0v) is 15.0. The van der Waals surface area contributed by atoms with Crippen LogP contribution < -0.4 is 5.32 Å². The summed E-state index contributed by atoms with van der Waals surface area (Å²) in [4.78, 5) is 0. The summed E-state index contributed by atoms with van der Waals surface area (Å²) in [7, 11) is 0. The van der Waals surface area contributed by atoms with Gasteiger partial charge in [-0.2, -0.15) is 0 Å². The molecule has 2 rings (SSSR count). The Hall–Kier alpha value is -0.490. The molecule has 1 N–H and O–H groups in total. The van der Waals surface area contributed by atoms with Crippen LogP contribution in [0.15, 0.2) is 39.3 Å². The van der Waals surface area contributed by atoms with Crippen molar-refractivity contribution in [3.8, 4) is 0 Å². The van der Waals surface area contributed by atoms with Crippen molar-refractivity contribution in [1.29, 1.82) is 0 Å². The number of hydrogen-bond donors (Lipinski definition) is 1. The fourth-order valence-electron chi connectivity index (χ4n) is 2.09. The van der Waals surface area contributed by atoms with E-state index in [9.17, 15) is 8.78 Å². The van der Waals surface area contributed by atoms with Crippen LogP contribution in [-0.2, 0) is 0 Å². The van der Waals surface area contributed by atoms with Crippen molar-refractivity contribution in [2.24, 2.45) is 0 Å². The van der Waals surface area contributed by atoms with Gasteiger partial charge in [-0.25, -0.2) is 8.78 Å². The Morgan fingerprint density at radius 3 is 2.48 bits per heavy atom. The van der Waals surface area contributed by atoms with Crippen molar-refractivity contribution in [2.45, 2.75) is 13.0 Å². The van der Waals surface area contributed by atoms with Gasteiger partial charge in [0.1, 0.15) is 11.6 Å². The predicted octanol–water partition coefficient (Wildman–Crippen LogP) is 5.84. The Morgan fingerprint density at radius 2 is 1.81 bits per heavy atom. The van der Waals surface area contributed by atoms with Crippen molar-refractivity contribution in [3.63, 3.8) is 0 Å². The minimum atomic E-state index is -0.525. The molecule has 0 bridgehead atoms. The van der Waals surface area contributed by atoms with Crippen LogP contribution >= 0.6 is 43.5 Å². The Morgan fingerprint density at radius 1 is 1.10 bits per heavy atom. The molecule has 6 heteroatoms. The average Bonchev–Trinajstić information content (AvgIpc) is 2.44. The monoisotopic (exact) mass is 437 g/mol. The van der Waals surface area contributed by atoms with Gasteiger partial charge in [0.2, 0.25) is 0 Å². The summed E-state index contributed by atoms with van der Waals surface area (Å²) in [5.41, 5.74) is 0.908. The first-order chi connectivity index (χ1) is 9.95. The summed E-state index contributed by atoms with van der Waals surface area (Å²) in [6, 6.07) is 7.18. The first kappa shape index (κ1) is 16.9. The summed E-state index contributed by atoms with van der Waals surface area (Å²) in [6.45, 7) is 2.48. The highest BCUT2D eigenvalue weighted by atomic mass is 79.9. The van der Waals surface area contributed by atoms with Crippen molar-refractivity contribution in [1.82, 2.24) is 5.32 Å². The molecule has 0 heterocycles. The van der Waals surface area contributed by atoms with Crippen molar-refractivity contribution >= 4 is 43.5 Å². The van der Waals surface area contributed by atoms with Gasteiger partial charge in [-0.15, -0.1) is 0 Å². The maximum Gasteiger partial charge on any atom is 0.137 e. The maximum atomic E-state index is 14.2. The first-order valence-electron chi connectivity index (χ1n) is 6.27. The number of rotatable bonds is 4. The van der Waals surface area contributed by atoms with E-state index in [-0.39, 0.29) is 10.0 Å². The van der Waals surface area contributed by atoms with E-state index < -0.39 is 17.7 Å². The molecule has 1 atom stereocenters. The lowest BCUT2D eigenvalue weighted by Gasteiger charge is -2.21. The van der Waals surface area contributed by atoms with E-state index in [1.807, 2.05) is 13.0 Å². The number of hydrogen-bond acceptors (Lipinski definition) is 1. The SMILES string of the molecule is CCNC(c1cc(F)c(Br)cc1F)c1cccc(Br)c1Cl. The Bertz CT molecular complexity index is 664. The molecule has 0 amide bonds. The lowest BCUT2D eigenvalue weighted by molar-refractivity contribution is 0.542. The van der Waals surface area contributed by atoms with E-state index >= 15 is 0 Å². The van der Waals surface area contributed by atoms with Gasteiger partial charge in [-0.3, -0.25) is 0 Å². The molecular weight excluding hydrogens is 427 g/mol. The van der Waals surface area contributed by atoms with Crippen molar-refractivity contribution in [3.05, 3.63) is 67.1 Å². The highest BCUT2D eigenvalue weighted by Crippen LogP contribution is 2.35. The normalized spacial score (nSPS) is 12.5. The Kier molecular flexibility index (Phi) is 5.77. The van der Waals surface area contributed by atoms with Crippen LogP contribution in [0.25, 0.3) is 0 Å². The molecule has 112 valence electrons. The smallest absolute Gasteiger partial charge is 0.137 e. The molecule has 0 fully saturated rings. The summed E-state index contributed by atoms with van der Waals surface area (Å²) < 4.78 is 28.8. The zero-order valence-electron chi connectivity index (χ0n) is 11.1. The lowest BCUT2D eigenvalue weighted by Crippen LogP contribution is -2.23. The van der Waals surface area contributed by atoms with Gasteiger partial charge in [-0.05, 0) is 62.2 Å². The molecule has 1 unspecified atom stereocenters. The predicted molar refractivity (Wildman–Crippen MR) is 88.7 cm³/mol. The second-order valence-electron chi connectivity index (χ2n) is 4.42. The summed E-state index contributed by atoms with van der Waals surface area (Å²) in [6.07, 6.45) is 0. The summed E-state index contributed by atoms with van der Waals surface area (Å²) in [5, 5.41) is 3.62. The van der Waals surface area contributed by atoms with Crippen LogP contribution in [-0.4, -0.2) is 6.54 Å². The molecule has 0 spiro atoms. The molecular formula is C15H12Br2ClF2N. The maximum absolute atomic E-state index is 14.2. The minimum Gasteiger partial charge on any atom is -0.306 e. The van der Waals surface area contributed by atoms with Gasteiger partial charge < -0.3 is 5.32 Å². The Balaban J connectivity index is 2.59. The van der Waals surface area contributed by atoms with Crippen LogP contribution in [0.2, 0.25) is 5.02 Å². The molecule has 0 aliphatic carbocycles. The third-order valence-corrected chi connectivity index (χ3v) is 4.97. The average molecular weight is 440 g/mol. The van der Waals surface area contributed by atoms with Crippen molar-refractivity contribution < 1.29 is 8.78 Å². The highest BCUT2D eigenvalue weighted by molar-refractivity contribution is 9.10.